The maximum Gasteiger partial charge on any atom is 0.307 e. The van der Waals surface area contributed by atoms with Crippen molar-refractivity contribution in [2.24, 2.45) is 0 Å². The van der Waals surface area contributed by atoms with Crippen LogP contribution in [0.15, 0.2) is 30.3 Å². The average Bonchev–Trinajstić information content (AvgIpc) is 3.03. The Morgan fingerprint density at radius 3 is 2.54 bits per heavy atom. The van der Waals surface area contributed by atoms with E-state index in [-0.39, 0.29) is 18.6 Å². The van der Waals surface area contributed by atoms with E-state index in [4.69, 9.17) is 27.9 Å². The lowest BCUT2D eigenvalue weighted by atomic mass is 10.2. The number of amides is 1. The lowest BCUT2D eigenvalue weighted by molar-refractivity contribution is -0.153. The van der Waals surface area contributed by atoms with Crippen LogP contribution in [-0.4, -0.2) is 23.8 Å². The number of rotatable bonds is 7. The summed E-state index contributed by atoms with van der Waals surface area (Å²) in [6.45, 7) is 3.24. The fraction of sp³-hybridized carbons (Fsp3) is 0.278. The molecule has 2 aromatic rings. The summed E-state index contributed by atoms with van der Waals surface area (Å²) in [6, 6.07) is 8.38. The number of thiophene rings is 1. The van der Waals surface area contributed by atoms with Crippen LogP contribution in [0.25, 0.3) is 0 Å². The van der Waals surface area contributed by atoms with Crippen LogP contribution in [0.1, 0.15) is 35.0 Å². The Bertz CT molecular complexity index is 834. The summed E-state index contributed by atoms with van der Waals surface area (Å²) in [7, 11) is 0. The zero-order valence-electron chi connectivity index (χ0n) is 14.2. The van der Waals surface area contributed by atoms with Crippen LogP contribution in [-0.2, 0) is 14.3 Å². The zero-order chi connectivity index (χ0) is 19.3. The molecule has 8 heteroatoms. The molecule has 0 fully saturated rings. The third kappa shape index (κ3) is 5.56. The monoisotopic (exact) mass is 413 g/mol. The fourth-order valence-corrected chi connectivity index (χ4v) is 3.27. The van der Waals surface area contributed by atoms with Crippen molar-refractivity contribution in [2.45, 2.75) is 32.8 Å². The highest BCUT2D eigenvalue weighted by Crippen LogP contribution is 2.24. The molecule has 0 radical (unpaired) electrons. The Labute approximate surface area is 165 Å². The maximum absolute atomic E-state index is 12.2. The van der Waals surface area contributed by atoms with Crippen LogP contribution in [0.4, 0.5) is 5.69 Å². The van der Waals surface area contributed by atoms with E-state index >= 15 is 0 Å². The van der Waals surface area contributed by atoms with E-state index in [1.807, 2.05) is 0 Å². The summed E-state index contributed by atoms with van der Waals surface area (Å²) in [5.41, 5.74) is 1.27. The molecule has 0 spiro atoms. The first-order valence-corrected chi connectivity index (χ1v) is 9.39. The quantitative estimate of drug-likeness (QED) is 0.517. The van der Waals surface area contributed by atoms with Gasteiger partial charge in [0.2, 0.25) is 0 Å². The van der Waals surface area contributed by atoms with Crippen molar-refractivity contribution in [3.8, 4) is 0 Å². The topological polar surface area (TPSA) is 72.5 Å². The van der Waals surface area contributed by atoms with Gasteiger partial charge in [0.15, 0.2) is 11.9 Å². The maximum atomic E-state index is 12.2. The fourth-order valence-electron chi connectivity index (χ4n) is 2.09. The van der Waals surface area contributed by atoms with Crippen molar-refractivity contribution in [3.63, 3.8) is 0 Å². The Morgan fingerprint density at radius 2 is 1.88 bits per heavy atom. The van der Waals surface area contributed by atoms with E-state index in [9.17, 15) is 14.4 Å². The number of carbonyl (C=O) groups is 3. The summed E-state index contributed by atoms with van der Waals surface area (Å²) in [6.07, 6.45) is -1.10. The van der Waals surface area contributed by atoms with Gasteiger partial charge in [-0.25, -0.2) is 0 Å². The molecule has 26 heavy (non-hydrogen) atoms. The molecular weight excluding hydrogens is 397 g/mol. The van der Waals surface area contributed by atoms with Crippen LogP contribution >= 0.6 is 34.5 Å². The number of halogens is 2. The van der Waals surface area contributed by atoms with Crippen LogP contribution in [0, 0.1) is 6.92 Å². The molecule has 1 aromatic heterocycles. The van der Waals surface area contributed by atoms with Gasteiger partial charge in [-0.1, -0.05) is 29.3 Å². The molecule has 5 nitrogen and oxygen atoms in total. The SMILES string of the molecule is Cc1c(Cl)cccc1NC(=O)[C@H](C)OC(=O)CCC(=O)c1ccc(Cl)s1. The van der Waals surface area contributed by atoms with E-state index in [0.717, 1.165) is 16.9 Å². The lowest BCUT2D eigenvalue weighted by Crippen LogP contribution is -2.30. The van der Waals surface area contributed by atoms with Crippen LogP contribution in [0.3, 0.4) is 0 Å². The van der Waals surface area contributed by atoms with Gasteiger partial charge in [0.25, 0.3) is 5.91 Å². The third-order valence-electron chi connectivity index (χ3n) is 3.61. The molecule has 0 saturated carbocycles. The molecule has 1 N–H and O–H groups in total. The van der Waals surface area contributed by atoms with E-state index in [2.05, 4.69) is 5.32 Å². The number of benzene rings is 1. The minimum absolute atomic E-state index is 0.00256. The van der Waals surface area contributed by atoms with Gasteiger partial charge in [-0.05, 0) is 43.7 Å². The van der Waals surface area contributed by atoms with Gasteiger partial charge in [-0.15, -0.1) is 11.3 Å². The molecule has 1 aromatic carbocycles. The van der Waals surface area contributed by atoms with Gasteiger partial charge in [0.1, 0.15) is 0 Å². The highest BCUT2D eigenvalue weighted by Gasteiger charge is 2.20. The normalized spacial score (nSPS) is 11.7. The number of esters is 1. The van der Waals surface area contributed by atoms with E-state index in [1.165, 1.54) is 6.92 Å². The van der Waals surface area contributed by atoms with E-state index < -0.39 is 18.0 Å². The summed E-state index contributed by atoms with van der Waals surface area (Å²) in [4.78, 5) is 36.5. The number of Topliss-reactive ketones (excluding diaryl/α,β-unsaturated/α-hetero) is 1. The first-order valence-electron chi connectivity index (χ1n) is 7.82. The molecule has 1 amide bonds. The van der Waals surface area contributed by atoms with E-state index in [0.29, 0.717) is 19.9 Å². The molecule has 0 unspecified atom stereocenters. The lowest BCUT2D eigenvalue weighted by Gasteiger charge is -2.15. The number of carbonyl (C=O) groups excluding carboxylic acids is 3. The second-order valence-electron chi connectivity index (χ2n) is 5.56. The third-order valence-corrected chi connectivity index (χ3v) is 5.29. The summed E-state index contributed by atoms with van der Waals surface area (Å²) >= 11 is 12.9. The highest BCUT2D eigenvalue weighted by atomic mass is 35.5. The highest BCUT2D eigenvalue weighted by molar-refractivity contribution is 7.18. The van der Waals surface area contributed by atoms with Crippen molar-refractivity contribution in [1.29, 1.82) is 0 Å². The minimum atomic E-state index is -0.993. The van der Waals surface area contributed by atoms with Crippen molar-refractivity contribution >= 4 is 57.9 Å². The first kappa shape index (κ1) is 20.4. The Morgan fingerprint density at radius 1 is 1.15 bits per heavy atom. The summed E-state index contributed by atoms with van der Waals surface area (Å²) < 4.78 is 5.60. The molecule has 0 aliphatic heterocycles. The number of anilines is 1. The number of nitrogens with one attached hydrogen (secondary N) is 1. The van der Waals surface area contributed by atoms with Gasteiger partial charge in [-0.3, -0.25) is 14.4 Å². The van der Waals surface area contributed by atoms with Gasteiger partial charge in [0, 0.05) is 17.1 Å². The van der Waals surface area contributed by atoms with E-state index in [1.54, 1.807) is 37.3 Å². The molecule has 1 atom stereocenters. The van der Waals surface area contributed by atoms with Crippen LogP contribution in [0.5, 0.6) is 0 Å². The molecule has 0 aliphatic rings. The second kappa shape index (κ2) is 9.16. The molecule has 138 valence electrons. The Hall–Kier alpha value is -1.89. The first-order chi connectivity index (χ1) is 12.3. The summed E-state index contributed by atoms with van der Waals surface area (Å²) in [5.74, 6) is -1.28. The molecule has 0 aliphatic carbocycles. The second-order valence-corrected chi connectivity index (χ2v) is 7.68. The predicted octanol–water partition coefficient (Wildman–Crippen LogP) is 4.90. The number of hydrogen-bond donors (Lipinski definition) is 1. The van der Waals surface area contributed by atoms with Gasteiger partial charge in [-0.2, -0.15) is 0 Å². The Kier molecular flexibility index (Phi) is 7.20. The molecule has 2 rings (SSSR count). The van der Waals surface area contributed by atoms with Crippen molar-refractivity contribution in [3.05, 3.63) is 50.1 Å². The largest absolute Gasteiger partial charge is 0.453 e. The smallest absolute Gasteiger partial charge is 0.307 e. The molecule has 0 saturated heterocycles. The Balaban J connectivity index is 1.83. The number of ketones is 1. The standard InChI is InChI=1S/C18H17Cl2NO4S/c1-10-12(19)4-3-5-13(10)21-18(24)11(2)25-17(23)9-6-14(22)15-7-8-16(20)26-15/h3-5,7-8,11H,6,9H2,1-2H3,(H,21,24)/t11-/m0/s1. The molecular formula is C18H17Cl2NO4S. The van der Waals surface area contributed by atoms with Crippen molar-refractivity contribution in [1.82, 2.24) is 0 Å². The summed E-state index contributed by atoms with van der Waals surface area (Å²) in [5, 5.41) is 3.20. The minimum Gasteiger partial charge on any atom is -0.453 e. The van der Waals surface area contributed by atoms with Gasteiger partial charge in [0.05, 0.1) is 15.6 Å². The van der Waals surface area contributed by atoms with Crippen LogP contribution < -0.4 is 5.32 Å². The van der Waals surface area contributed by atoms with Gasteiger partial charge < -0.3 is 10.1 Å². The van der Waals surface area contributed by atoms with Gasteiger partial charge >= 0.3 is 5.97 Å². The number of ether oxygens (including phenoxy) is 1. The van der Waals surface area contributed by atoms with Crippen molar-refractivity contribution in [2.75, 3.05) is 5.32 Å². The molecule has 0 bridgehead atoms. The average molecular weight is 414 g/mol. The van der Waals surface area contributed by atoms with Crippen molar-refractivity contribution < 1.29 is 19.1 Å². The predicted molar refractivity (Wildman–Crippen MR) is 103 cm³/mol. The molecule has 1 heterocycles. The van der Waals surface area contributed by atoms with Crippen LogP contribution in [0.2, 0.25) is 9.36 Å². The number of hydrogen-bond acceptors (Lipinski definition) is 5. The zero-order valence-corrected chi connectivity index (χ0v) is 16.5.